The van der Waals surface area contributed by atoms with Gasteiger partial charge in [0.05, 0.1) is 5.39 Å². The van der Waals surface area contributed by atoms with Crippen molar-refractivity contribution in [2.24, 2.45) is 0 Å². The third-order valence-corrected chi connectivity index (χ3v) is 4.36. The molecule has 0 saturated heterocycles. The summed E-state index contributed by atoms with van der Waals surface area (Å²) in [5.74, 6) is 0.806. The summed E-state index contributed by atoms with van der Waals surface area (Å²) < 4.78 is 0. The van der Waals surface area contributed by atoms with Gasteiger partial charge < -0.3 is 4.98 Å². The summed E-state index contributed by atoms with van der Waals surface area (Å²) in [7, 11) is 0. The second-order valence-electron chi connectivity index (χ2n) is 4.59. The van der Waals surface area contributed by atoms with Crippen molar-refractivity contribution in [3.63, 3.8) is 0 Å². The zero-order chi connectivity index (χ0) is 15.1. The van der Waals surface area contributed by atoms with Gasteiger partial charge in [0.25, 0.3) is 5.56 Å². The maximum Gasteiger partial charge on any atom is 0.260 e. The van der Waals surface area contributed by atoms with Crippen LogP contribution < -0.4 is 5.56 Å². The van der Waals surface area contributed by atoms with Gasteiger partial charge in [-0.3, -0.25) is 9.89 Å². The molecule has 8 heteroatoms. The molecule has 3 aromatic heterocycles. The first kappa shape index (κ1) is 13.2. The highest BCUT2D eigenvalue weighted by Gasteiger charge is 2.14. The molecule has 2 N–H and O–H groups in total. The number of nitrogens with one attached hydrogen (secondary N) is 2. The summed E-state index contributed by atoms with van der Waals surface area (Å²) in [6.07, 6.45) is 1.37. The van der Waals surface area contributed by atoms with Crippen molar-refractivity contribution in [1.29, 1.82) is 0 Å². The van der Waals surface area contributed by atoms with Gasteiger partial charge in [-0.1, -0.05) is 23.7 Å². The van der Waals surface area contributed by atoms with Crippen molar-refractivity contribution in [3.05, 3.63) is 51.3 Å². The van der Waals surface area contributed by atoms with Crippen LogP contribution in [0.25, 0.3) is 33.0 Å². The Hall–Kier alpha value is -2.51. The topological polar surface area (TPSA) is 87.3 Å². The fourth-order valence-corrected chi connectivity index (χ4v) is 3.30. The molecule has 0 saturated carbocycles. The first-order valence-corrected chi connectivity index (χ1v) is 7.61. The van der Waals surface area contributed by atoms with E-state index in [4.69, 9.17) is 11.6 Å². The lowest BCUT2D eigenvalue weighted by Gasteiger charge is -2.00. The molecule has 0 unspecified atom stereocenters. The van der Waals surface area contributed by atoms with Gasteiger partial charge in [0.15, 0.2) is 11.6 Å². The Bertz CT molecular complexity index is 1000. The third-order valence-electron chi connectivity index (χ3n) is 3.24. The molecule has 1 aromatic carbocycles. The summed E-state index contributed by atoms with van der Waals surface area (Å²) in [6, 6.07) is 7.36. The van der Waals surface area contributed by atoms with E-state index in [9.17, 15) is 4.79 Å². The average molecular weight is 330 g/mol. The smallest absolute Gasteiger partial charge is 0.260 e. The lowest BCUT2D eigenvalue weighted by atomic mass is 10.1. The van der Waals surface area contributed by atoms with Crippen LogP contribution in [0.4, 0.5) is 0 Å². The predicted octanol–water partition coefficient (Wildman–Crippen LogP) is 3.09. The van der Waals surface area contributed by atoms with E-state index >= 15 is 0 Å². The zero-order valence-corrected chi connectivity index (χ0v) is 12.6. The zero-order valence-electron chi connectivity index (χ0n) is 11.0. The molecule has 0 aliphatic heterocycles. The number of nitrogens with zero attached hydrogens (tertiary/aromatic N) is 3. The highest BCUT2D eigenvalue weighted by Crippen LogP contribution is 2.31. The molecule has 4 aromatic rings. The fourth-order valence-electron chi connectivity index (χ4n) is 2.22. The van der Waals surface area contributed by atoms with Gasteiger partial charge in [-0.05, 0) is 17.7 Å². The molecule has 6 nitrogen and oxygen atoms in total. The minimum atomic E-state index is -0.206. The van der Waals surface area contributed by atoms with Crippen LogP contribution in [0.5, 0.6) is 0 Å². The SMILES string of the molecule is O=c1[nH]c(-c2ncn[nH]2)nc2scc(-c3ccc(Cl)cc3)c12. The summed E-state index contributed by atoms with van der Waals surface area (Å²) >= 11 is 7.32. The molecule has 0 bridgehead atoms. The first-order chi connectivity index (χ1) is 10.7. The molecule has 0 atom stereocenters. The van der Waals surface area contributed by atoms with Crippen molar-refractivity contribution in [2.45, 2.75) is 0 Å². The third kappa shape index (κ3) is 2.11. The predicted molar refractivity (Wildman–Crippen MR) is 86.1 cm³/mol. The number of benzene rings is 1. The Balaban J connectivity index is 1.93. The Labute approximate surface area is 132 Å². The molecule has 108 valence electrons. The van der Waals surface area contributed by atoms with Crippen LogP contribution in [0.1, 0.15) is 0 Å². The molecule has 0 aliphatic rings. The molecular weight excluding hydrogens is 322 g/mol. The van der Waals surface area contributed by atoms with Crippen LogP contribution in [-0.2, 0) is 0 Å². The minimum absolute atomic E-state index is 0.206. The van der Waals surface area contributed by atoms with Crippen molar-refractivity contribution in [3.8, 4) is 22.8 Å². The molecular formula is C14H8ClN5OS. The normalized spacial score (nSPS) is 11.1. The van der Waals surface area contributed by atoms with E-state index in [1.54, 1.807) is 12.1 Å². The quantitative estimate of drug-likeness (QED) is 0.591. The van der Waals surface area contributed by atoms with Gasteiger partial charge in [0.1, 0.15) is 11.2 Å². The summed E-state index contributed by atoms with van der Waals surface area (Å²) in [4.78, 5) is 24.3. The highest BCUT2D eigenvalue weighted by molar-refractivity contribution is 7.17. The van der Waals surface area contributed by atoms with Crippen LogP contribution in [-0.4, -0.2) is 25.1 Å². The van der Waals surface area contributed by atoms with E-state index in [1.807, 2.05) is 17.5 Å². The number of hydrogen-bond acceptors (Lipinski definition) is 5. The molecule has 0 amide bonds. The molecule has 3 heterocycles. The lowest BCUT2D eigenvalue weighted by Crippen LogP contribution is -2.09. The summed E-state index contributed by atoms with van der Waals surface area (Å²) in [5.41, 5.74) is 1.56. The Morgan fingerprint density at radius 3 is 2.68 bits per heavy atom. The molecule has 0 aliphatic carbocycles. The Kier molecular flexibility index (Phi) is 3.02. The Morgan fingerprint density at radius 2 is 1.95 bits per heavy atom. The number of hydrogen-bond donors (Lipinski definition) is 2. The van der Waals surface area contributed by atoms with E-state index in [0.29, 0.717) is 26.9 Å². The standard InChI is InChI=1S/C14H8ClN5OS/c15-8-3-1-7(2-4-8)9-5-22-14-10(9)13(21)18-12(19-14)11-16-6-17-20-11/h1-6H,(H,16,17,20)(H,18,19,21). The fraction of sp³-hybridized carbons (Fsp3) is 0. The van der Waals surface area contributed by atoms with Gasteiger partial charge in [0, 0.05) is 16.0 Å². The van der Waals surface area contributed by atoms with Crippen molar-refractivity contribution < 1.29 is 0 Å². The van der Waals surface area contributed by atoms with E-state index in [0.717, 1.165) is 11.1 Å². The maximum absolute atomic E-state index is 12.4. The van der Waals surface area contributed by atoms with Crippen LogP contribution in [0, 0.1) is 0 Å². The van der Waals surface area contributed by atoms with Gasteiger partial charge in [-0.15, -0.1) is 11.3 Å². The monoisotopic (exact) mass is 329 g/mol. The first-order valence-electron chi connectivity index (χ1n) is 6.35. The number of halogens is 1. The van der Waals surface area contributed by atoms with Crippen molar-refractivity contribution in [1.82, 2.24) is 25.1 Å². The van der Waals surface area contributed by atoms with E-state index in [2.05, 4.69) is 25.1 Å². The van der Waals surface area contributed by atoms with Crippen molar-refractivity contribution >= 4 is 33.2 Å². The van der Waals surface area contributed by atoms with Crippen LogP contribution in [0.15, 0.2) is 40.8 Å². The molecule has 0 radical (unpaired) electrons. The average Bonchev–Trinajstić information content (AvgIpc) is 3.17. The van der Waals surface area contributed by atoms with Gasteiger partial charge in [-0.2, -0.15) is 5.10 Å². The molecule has 4 rings (SSSR count). The van der Waals surface area contributed by atoms with Crippen LogP contribution in [0.2, 0.25) is 5.02 Å². The number of rotatable bonds is 2. The van der Waals surface area contributed by atoms with Gasteiger partial charge >= 0.3 is 0 Å². The second-order valence-corrected chi connectivity index (χ2v) is 5.88. The number of thiophene rings is 1. The molecule has 22 heavy (non-hydrogen) atoms. The molecule has 0 spiro atoms. The number of H-pyrrole nitrogens is 2. The van der Waals surface area contributed by atoms with E-state index in [-0.39, 0.29) is 5.56 Å². The van der Waals surface area contributed by atoms with E-state index < -0.39 is 0 Å². The number of fused-ring (bicyclic) bond motifs is 1. The van der Waals surface area contributed by atoms with Crippen molar-refractivity contribution in [2.75, 3.05) is 0 Å². The van der Waals surface area contributed by atoms with Gasteiger partial charge in [0.2, 0.25) is 0 Å². The highest BCUT2D eigenvalue weighted by atomic mass is 35.5. The minimum Gasteiger partial charge on any atom is -0.303 e. The van der Waals surface area contributed by atoms with Crippen LogP contribution >= 0.6 is 22.9 Å². The van der Waals surface area contributed by atoms with Crippen LogP contribution in [0.3, 0.4) is 0 Å². The number of aromatic nitrogens is 5. The van der Waals surface area contributed by atoms with E-state index in [1.165, 1.54) is 17.7 Å². The largest absolute Gasteiger partial charge is 0.303 e. The van der Waals surface area contributed by atoms with Gasteiger partial charge in [-0.25, -0.2) is 9.97 Å². The Morgan fingerprint density at radius 1 is 1.14 bits per heavy atom. The lowest BCUT2D eigenvalue weighted by molar-refractivity contribution is 1.06. The maximum atomic E-state index is 12.4. The number of aromatic amines is 2. The second kappa shape index (κ2) is 5.04. The summed E-state index contributed by atoms with van der Waals surface area (Å²) in [5, 5.41) is 9.59. The summed E-state index contributed by atoms with van der Waals surface area (Å²) in [6.45, 7) is 0. The molecule has 0 fully saturated rings.